The summed E-state index contributed by atoms with van der Waals surface area (Å²) in [6.07, 6.45) is 6.57. The predicted molar refractivity (Wildman–Crippen MR) is 75.9 cm³/mol. The van der Waals surface area contributed by atoms with Crippen molar-refractivity contribution in [2.24, 2.45) is 0 Å². The van der Waals surface area contributed by atoms with Crippen molar-refractivity contribution in [3.05, 3.63) is 0 Å². The van der Waals surface area contributed by atoms with E-state index in [0.717, 1.165) is 39.0 Å². The highest BCUT2D eigenvalue weighted by Gasteiger charge is 2.29. The summed E-state index contributed by atoms with van der Waals surface area (Å²) in [6.45, 7) is 5.13. The Balaban J connectivity index is 1.67. The molecule has 0 bridgehead atoms. The van der Waals surface area contributed by atoms with Crippen molar-refractivity contribution < 1.29 is 19.4 Å². The van der Waals surface area contributed by atoms with Crippen LogP contribution in [0.2, 0.25) is 0 Å². The Morgan fingerprint density at radius 3 is 2.65 bits per heavy atom. The average Bonchev–Trinajstić information content (AvgIpc) is 2.48. The second kappa shape index (κ2) is 7.96. The number of hydrogen-bond donors (Lipinski definition) is 1. The molecule has 0 saturated carbocycles. The van der Waals surface area contributed by atoms with Crippen molar-refractivity contribution in [3.8, 4) is 0 Å². The molecule has 0 aromatic rings. The summed E-state index contributed by atoms with van der Waals surface area (Å²) in [6, 6.07) is -0.336. The summed E-state index contributed by atoms with van der Waals surface area (Å²) in [5.74, 6) is -0.706. The van der Waals surface area contributed by atoms with Crippen LogP contribution in [0.15, 0.2) is 0 Å². The van der Waals surface area contributed by atoms with Crippen LogP contribution in [-0.4, -0.2) is 60.5 Å². The highest BCUT2D eigenvalue weighted by atomic mass is 16.5. The van der Waals surface area contributed by atoms with Crippen molar-refractivity contribution in [1.82, 2.24) is 4.90 Å². The van der Waals surface area contributed by atoms with Crippen molar-refractivity contribution in [3.63, 3.8) is 0 Å². The third-order valence-corrected chi connectivity index (χ3v) is 4.38. The molecule has 0 spiro atoms. The first-order valence-corrected chi connectivity index (χ1v) is 7.90. The van der Waals surface area contributed by atoms with E-state index < -0.39 is 5.97 Å². The molecule has 116 valence electrons. The van der Waals surface area contributed by atoms with E-state index in [4.69, 9.17) is 9.47 Å². The fourth-order valence-electron chi connectivity index (χ4n) is 3.13. The van der Waals surface area contributed by atoms with Gasteiger partial charge < -0.3 is 14.6 Å². The van der Waals surface area contributed by atoms with Crippen molar-refractivity contribution in [2.75, 3.05) is 26.3 Å². The first-order valence-electron chi connectivity index (χ1n) is 7.90. The Morgan fingerprint density at radius 1 is 1.35 bits per heavy atom. The van der Waals surface area contributed by atoms with Crippen LogP contribution in [0.3, 0.4) is 0 Å². The number of rotatable bonds is 6. The minimum absolute atomic E-state index is 0.267. The van der Waals surface area contributed by atoms with Gasteiger partial charge in [-0.15, -0.1) is 0 Å². The molecule has 2 aliphatic rings. The molecule has 0 radical (unpaired) electrons. The number of carboxylic acids is 1. The number of hydrogen-bond acceptors (Lipinski definition) is 4. The van der Waals surface area contributed by atoms with Crippen LogP contribution < -0.4 is 0 Å². The van der Waals surface area contributed by atoms with Gasteiger partial charge in [-0.05, 0) is 38.5 Å². The Labute approximate surface area is 121 Å². The predicted octanol–water partition coefficient (Wildman–Crippen LogP) is 1.90. The van der Waals surface area contributed by atoms with E-state index in [2.05, 4.69) is 4.90 Å². The molecule has 1 N–H and O–H groups in total. The SMILES string of the molecule is CCC(C(=O)O)N1CCC(OCC2CCCCO2)CC1. The normalized spacial score (nSPS) is 27.4. The summed E-state index contributed by atoms with van der Waals surface area (Å²) in [7, 11) is 0. The molecule has 20 heavy (non-hydrogen) atoms. The molecule has 2 heterocycles. The number of likely N-dealkylation sites (tertiary alicyclic amines) is 1. The van der Waals surface area contributed by atoms with Gasteiger partial charge in [0, 0.05) is 19.7 Å². The molecule has 2 rings (SSSR count). The number of aliphatic carboxylic acids is 1. The minimum Gasteiger partial charge on any atom is -0.480 e. The van der Waals surface area contributed by atoms with Crippen molar-refractivity contribution in [1.29, 1.82) is 0 Å². The van der Waals surface area contributed by atoms with Gasteiger partial charge in [-0.1, -0.05) is 6.92 Å². The van der Waals surface area contributed by atoms with Crippen LogP contribution in [0, 0.1) is 0 Å². The molecule has 5 nitrogen and oxygen atoms in total. The summed E-state index contributed by atoms with van der Waals surface area (Å²) in [5.41, 5.74) is 0. The Bertz CT molecular complexity index is 296. The topological polar surface area (TPSA) is 59.0 Å². The molecule has 0 amide bonds. The fourth-order valence-corrected chi connectivity index (χ4v) is 3.13. The summed E-state index contributed by atoms with van der Waals surface area (Å²) in [4.78, 5) is 13.2. The Hall–Kier alpha value is -0.650. The standard InChI is InChI=1S/C15H27NO4/c1-2-14(15(17)18)16-8-6-12(7-9-16)20-11-13-5-3-4-10-19-13/h12-14H,2-11H2,1H3,(H,17,18). The van der Waals surface area contributed by atoms with E-state index in [1.54, 1.807) is 0 Å². The maximum absolute atomic E-state index is 11.2. The summed E-state index contributed by atoms with van der Waals surface area (Å²) < 4.78 is 11.6. The first-order chi connectivity index (χ1) is 9.70. The average molecular weight is 285 g/mol. The van der Waals surface area contributed by atoms with Gasteiger partial charge in [0.2, 0.25) is 0 Å². The molecule has 2 saturated heterocycles. The molecule has 2 atom stereocenters. The van der Waals surface area contributed by atoms with E-state index in [1.165, 1.54) is 12.8 Å². The molecule has 0 aromatic carbocycles. The monoisotopic (exact) mass is 285 g/mol. The van der Waals surface area contributed by atoms with E-state index >= 15 is 0 Å². The van der Waals surface area contributed by atoms with Crippen LogP contribution in [0.1, 0.15) is 45.4 Å². The number of nitrogens with zero attached hydrogens (tertiary/aromatic N) is 1. The highest BCUT2D eigenvalue weighted by molar-refractivity contribution is 5.73. The molecule has 2 unspecified atom stereocenters. The van der Waals surface area contributed by atoms with Gasteiger partial charge in [0.1, 0.15) is 6.04 Å². The zero-order valence-corrected chi connectivity index (χ0v) is 12.4. The molecule has 5 heteroatoms. The third kappa shape index (κ3) is 4.43. The molecular weight excluding hydrogens is 258 g/mol. The van der Waals surface area contributed by atoms with Crippen molar-refractivity contribution >= 4 is 5.97 Å². The molecule has 2 fully saturated rings. The van der Waals surface area contributed by atoms with Gasteiger partial charge in [-0.3, -0.25) is 9.69 Å². The number of ether oxygens (including phenoxy) is 2. The van der Waals surface area contributed by atoms with Crippen LogP contribution >= 0.6 is 0 Å². The lowest BCUT2D eigenvalue weighted by molar-refractivity contribution is -0.145. The molecule has 0 aromatic heterocycles. The number of carbonyl (C=O) groups is 1. The summed E-state index contributed by atoms with van der Waals surface area (Å²) >= 11 is 0. The van der Waals surface area contributed by atoms with Gasteiger partial charge in [0.25, 0.3) is 0 Å². The van der Waals surface area contributed by atoms with Crippen LogP contribution in [0.5, 0.6) is 0 Å². The lowest BCUT2D eigenvalue weighted by Crippen LogP contribution is -2.47. The molecule has 0 aliphatic carbocycles. The van der Waals surface area contributed by atoms with Gasteiger partial charge in [0.05, 0.1) is 18.8 Å². The van der Waals surface area contributed by atoms with Crippen LogP contribution in [0.25, 0.3) is 0 Å². The third-order valence-electron chi connectivity index (χ3n) is 4.38. The fraction of sp³-hybridized carbons (Fsp3) is 0.933. The van der Waals surface area contributed by atoms with E-state index in [1.807, 2.05) is 6.92 Å². The van der Waals surface area contributed by atoms with E-state index in [9.17, 15) is 9.90 Å². The second-order valence-electron chi connectivity index (χ2n) is 5.82. The van der Waals surface area contributed by atoms with Crippen LogP contribution in [-0.2, 0) is 14.3 Å². The van der Waals surface area contributed by atoms with Gasteiger partial charge in [0.15, 0.2) is 0 Å². The van der Waals surface area contributed by atoms with E-state index in [0.29, 0.717) is 13.0 Å². The Morgan fingerprint density at radius 2 is 2.10 bits per heavy atom. The lowest BCUT2D eigenvalue weighted by Gasteiger charge is -2.35. The quantitative estimate of drug-likeness (QED) is 0.807. The lowest BCUT2D eigenvalue weighted by atomic mass is 10.0. The second-order valence-corrected chi connectivity index (χ2v) is 5.82. The molecular formula is C15H27NO4. The Kier molecular flexibility index (Phi) is 6.26. The number of piperidine rings is 1. The maximum Gasteiger partial charge on any atom is 0.320 e. The zero-order chi connectivity index (χ0) is 14.4. The zero-order valence-electron chi connectivity index (χ0n) is 12.4. The first kappa shape index (κ1) is 15.7. The van der Waals surface area contributed by atoms with Gasteiger partial charge in [-0.25, -0.2) is 0 Å². The molecule has 2 aliphatic heterocycles. The van der Waals surface area contributed by atoms with E-state index in [-0.39, 0.29) is 18.2 Å². The maximum atomic E-state index is 11.2. The van der Waals surface area contributed by atoms with Crippen molar-refractivity contribution in [2.45, 2.75) is 63.7 Å². The number of carboxylic acid groups (broad SMARTS) is 1. The minimum atomic E-state index is -0.706. The van der Waals surface area contributed by atoms with Crippen LogP contribution in [0.4, 0.5) is 0 Å². The smallest absolute Gasteiger partial charge is 0.320 e. The highest BCUT2D eigenvalue weighted by Crippen LogP contribution is 2.19. The largest absolute Gasteiger partial charge is 0.480 e. The van der Waals surface area contributed by atoms with Gasteiger partial charge in [-0.2, -0.15) is 0 Å². The van der Waals surface area contributed by atoms with Gasteiger partial charge >= 0.3 is 5.97 Å². The summed E-state index contributed by atoms with van der Waals surface area (Å²) in [5, 5.41) is 9.18.